The van der Waals surface area contributed by atoms with E-state index in [-0.39, 0.29) is 30.4 Å². The highest BCUT2D eigenvalue weighted by Crippen LogP contribution is 2.11. The fourth-order valence-electron chi connectivity index (χ4n) is 1.86. The number of piperazine rings is 1. The summed E-state index contributed by atoms with van der Waals surface area (Å²) in [5, 5.41) is 8.45. The minimum absolute atomic E-state index is 0.0860. The van der Waals surface area contributed by atoms with Crippen LogP contribution in [0, 0.1) is 0 Å². The second-order valence-electron chi connectivity index (χ2n) is 4.18. The molecule has 0 saturated carbocycles. The Morgan fingerprint density at radius 2 is 2.50 bits per heavy atom. The van der Waals surface area contributed by atoms with Gasteiger partial charge in [0.1, 0.15) is 11.9 Å². The van der Waals surface area contributed by atoms with Crippen LogP contribution in [0.15, 0.2) is 12.4 Å². The number of imidazole rings is 1. The van der Waals surface area contributed by atoms with Crippen molar-refractivity contribution in [2.24, 2.45) is 0 Å². The average Bonchev–Trinajstić information content (AvgIpc) is 2.90. The molecule has 2 rings (SSSR count). The molecule has 2 heterocycles. The minimum atomic E-state index is -0.383. The third kappa shape index (κ3) is 2.86. The molecule has 7 heteroatoms. The van der Waals surface area contributed by atoms with Gasteiger partial charge in [0.15, 0.2) is 0 Å². The normalized spacial score (nSPS) is 21.2. The topological polar surface area (TPSA) is 98.9 Å². The van der Waals surface area contributed by atoms with Crippen molar-refractivity contribution in [3.63, 3.8) is 0 Å². The zero-order chi connectivity index (χ0) is 13.0. The molecular formula is C11H17N5O2. The Balaban J connectivity index is 1.91. The fourth-order valence-corrected chi connectivity index (χ4v) is 1.86. The van der Waals surface area contributed by atoms with Crippen LogP contribution in [0.4, 0.5) is 0 Å². The molecule has 4 N–H and O–H groups in total. The number of hydrogen-bond donors (Lipinski definition) is 4. The first kappa shape index (κ1) is 12.6. The Kier molecular flexibility index (Phi) is 3.93. The van der Waals surface area contributed by atoms with E-state index in [9.17, 15) is 9.59 Å². The maximum absolute atomic E-state index is 12.0. The first-order valence-electron chi connectivity index (χ1n) is 6.00. The van der Waals surface area contributed by atoms with Crippen molar-refractivity contribution in [3.8, 4) is 0 Å². The van der Waals surface area contributed by atoms with Crippen LogP contribution in [-0.2, 0) is 9.59 Å². The number of aromatic amines is 1. The largest absolute Gasteiger partial charge is 0.353 e. The van der Waals surface area contributed by atoms with Crippen molar-refractivity contribution in [2.45, 2.75) is 25.4 Å². The number of hydrogen-bond acceptors (Lipinski definition) is 4. The highest BCUT2D eigenvalue weighted by atomic mass is 16.2. The van der Waals surface area contributed by atoms with E-state index in [2.05, 4.69) is 25.9 Å². The molecule has 0 aromatic carbocycles. The Morgan fingerprint density at radius 1 is 1.67 bits per heavy atom. The lowest BCUT2D eigenvalue weighted by molar-refractivity contribution is -0.127. The molecule has 0 aliphatic carbocycles. The standard InChI is InChI=1S/C11H17N5O2/c1-2-7(10-12-3-4-13-10)16-11(18)8-5-15-9(17)6-14-8/h3-4,7-8,14H,2,5-6H2,1H3,(H,12,13)(H,15,17)(H,16,18). The smallest absolute Gasteiger partial charge is 0.239 e. The molecule has 18 heavy (non-hydrogen) atoms. The first-order valence-corrected chi connectivity index (χ1v) is 6.00. The van der Waals surface area contributed by atoms with Gasteiger partial charge >= 0.3 is 0 Å². The summed E-state index contributed by atoms with van der Waals surface area (Å²) in [5.74, 6) is 0.529. The molecule has 1 aliphatic heterocycles. The number of carbonyl (C=O) groups is 2. The van der Waals surface area contributed by atoms with Crippen LogP contribution in [0.3, 0.4) is 0 Å². The molecule has 98 valence electrons. The predicted molar refractivity (Wildman–Crippen MR) is 64.6 cm³/mol. The van der Waals surface area contributed by atoms with E-state index in [1.165, 1.54) is 0 Å². The number of rotatable bonds is 4. The molecule has 2 atom stereocenters. The molecule has 1 fully saturated rings. The Morgan fingerprint density at radius 3 is 3.06 bits per heavy atom. The van der Waals surface area contributed by atoms with E-state index in [1.54, 1.807) is 12.4 Å². The number of nitrogens with zero attached hydrogens (tertiary/aromatic N) is 1. The van der Waals surface area contributed by atoms with Gasteiger partial charge in [-0.15, -0.1) is 0 Å². The van der Waals surface area contributed by atoms with E-state index >= 15 is 0 Å². The summed E-state index contributed by atoms with van der Waals surface area (Å²) in [5.41, 5.74) is 0. The van der Waals surface area contributed by atoms with Gasteiger partial charge in [-0.2, -0.15) is 0 Å². The maximum atomic E-state index is 12.0. The number of carbonyl (C=O) groups excluding carboxylic acids is 2. The molecule has 1 aromatic heterocycles. The molecule has 2 amide bonds. The molecular weight excluding hydrogens is 234 g/mol. The highest BCUT2D eigenvalue weighted by Gasteiger charge is 2.25. The average molecular weight is 251 g/mol. The van der Waals surface area contributed by atoms with Gasteiger partial charge in [-0.1, -0.05) is 6.92 Å². The van der Waals surface area contributed by atoms with Gasteiger partial charge in [0.25, 0.3) is 0 Å². The van der Waals surface area contributed by atoms with Crippen LogP contribution in [0.5, 0.6) is 0 Å². The summed E-state index contributed by atoms with van der Waals surface area (Å²) in [6.07, 6.45) is 4.13. The van der Waals surface area contributed by atoms with Crippen molar-refractivity contribution < 1.29 is 9.59 Å². The summed E-state index contributed by atoms with van der Waals surface area (Å²) >= 11 is 0. The lowest BCUT2D eigenvalue weighted by Crippen LogP contribution is -2.58. The second kappa shape index (κ2) is 5.63. The maximum Gasteiger partial charge on any atom is 0.239 e. The Labute approximate surface area is 105 Å². The van der Waals surface area contributed by atoms with E-state index in [4.69, 9.17) is 0 Å². The summed E-state index contributed by atoms with van der Waals surface area (Å²) in [7, 11) is 0. The van der Waals surface area contributed by atoms with Crippen LogP contribution in [-0.4, -0.2) is 40.9 Å². The van der Waals surface area contributed by atoms with Gasteiger partial charge in [0.2, 0.25) is 11.8 Å². The van der Waals surface area contributed by atoms with Crippen molar-refractivity contribution >= 4 is 11.8 Å². The molecule has 2 unspecified atom stereocenters. The number of H-pyrrole nitrogens is 1. The van der Waals surface area contributed by atoms with Gasteiger partial charge in [-0.05, 0) is 6.42 Å². The monoisotopic (exact) mass is 251 g/mol. The van der Waals surface area contributed by atoms with E-state index in [0.29, 0.717) is 6.54 Å². The third-order valence-electron chi connectivity index (χ3n) is 2.90. The number of aromatic nitrogens is 2. The molecule has 0 bridgehead atoms. The Bertz CT molecular complexity index is 407. The first-order chi connectivity index (χ1) is 8.70. The van der Waals surface area contributed by atoms with Crippen molar-refractivity contribution in [1.82, 2.24) is 25.9 Å². The summed E-state index contributed by atoms with van der Waals surface area (Å²) in [6, 6.07) is -0.515. The van der Waals surface area contributed by atoms with Gasteiger partial charge in [-0.25, -0.2) is 4.98 Å². The van der Waals surface area contributed by atoms with Crippen LogP contribution in [0.1, 0.15) is 25.2 Å². The van der Waals surface area contributed by atoms with Crippen LogP contribution >= 0.6 is 0 Å². The molecule has 1 aromatic rings. The van der Waals surface area contributed by atoms with Crippen LogP contribution < -0.4 is 16.0 Å². The zero-order valence-electron chi connectivity index (χ0n) is 10.2. The lowest BCUT2D eigenvalue weighted by Gasteiger charge is -2.25. The number of amides is 2. The lowest BCUT2D eigenvalue weighted by atomic mass is 10.1. The highest BCUT2D eigenvalue weighted by molar-refractivity contribution is 5.86. The molecule has 7 nitrogen and oxygen atoms in total. The quantitative estimate of drug-likeness (QED) is 0.555. The third-order valence-corrected chi connectivity index (χ3v) is 2.90. The van der Waals surface area contributed by atoms with Crippen molar-refractivity contribution in [3.05, 3.63) is 18.2 Å². The summed E-state index contributed by atoms with van der Waals surface area (Å²) in [6.45, 7) is 2.47. The molecule has 0 radical (unpaired) electrons. The second-order valence-corrected chi connectivity index (χ2v) is 4.18. The minimum Gasteiger partial charge on any atom is -0.353 e. The van der Waals surface area contributed by atoms with Gasteiger partial charge in [0.05, 0.1) is 12.6 Å². The van der Waals surface area contributed by atoms with Crippen LogP contribution in [0.25, 0.3) is 0 Å². The van der Waals surface area contributed by atoms with Crippen molar-refractivity contribution in [2.75, 3.05) is 13.1 Å². The Hall–Kier alpha value is -1.89. The SMILES string of the molecule is CCC(NC(=O)C1CNC(=O)CN1)c1ncc[nH]1. The summed E-state index contributed by atoms with van der Waals surface area (Å²) < 4.78 is 0. The predicted octanol–water partition coefficient (Wildman–Crippen LogP) is -0.935. The fraction of sp³-hybridized carbons (Fsp3) is 0.545. The summed E-state index contributed by atoms with van der Waals surface area (Å²) in [4.78, 5) is 30.1. The van der Waals surface area contributed by atoms with Gasteiger partial charge in [0, 0.05) is 18.9 Å². The molecule has 1 aliphatic rings. The van der Waals surface area contributed by atoms with E-state index in [0.717, 1.165) is 12.2 Å². The molecule has 0 spiro atoms. The van der Waals surface area contributed by atoms with E-state index < -0.39 is 0 Å². The van der Waals surface area contributed by atoms with E-state index in [1.807, 2.05) is 6.92 Å². The zero-order valence-corrected chi connectivity index (χ0v) is 10.2. The van der Waals surface area contributed by atoms with Crippen LogP contribution in [0.2, 0.25) is 0 Å². The van der Waals surface area contributed by atoms with Gasteiger partial charge in [-0.3, -0.25) is 14.9 Å². The van der Waals surface area contributed by atoms with Crippen molar-refractivity contribution in [1.29, 1.82) is 0 Å². The number of nitrogens with one attached hydrogen (secondary N) is 4. The van der Waals surface area contributed by atoms with Gasteiger partial charge < -0.3 is 15.6 Å². The molecule has 1 saturated heterocycles.